The molecule has 1 saturated carbocycles. The molecule has 0 atom stereocenters. The van der Waals surface area contributed by atoms with E-state index in [2.05, 4.69) is 15.4 Å². The van der Waals surface area contributed by atoms with Gasteiger partial charge in [-0.05, 0) is 38.5 Å². The van der Waals surface area contributed by atoms with E-state index < -0.39 is 34.3 Å². The molecule has 2 fully saturated rings. The van der Waals surface area contributed by atoms with E-state index >= 15 is 0 Å². The van der Waals surface area contributed by atoms with Crippen LogP contribution in [0.5, 0.6) is 5.75 Å². The number of rotatable bonds is 9. The normalized spacial score (nSPS) is 20.5. The van der Waals surface area contributed by atoms with Crippen LogP contribution in [0, 0.1) is 11.8 Å². The van der Waals surface area contributed by atoms with E-state index in [1.165, 1.54) is 19.6 Å². The third-order valence-corrected chi connectivity index (χ3v) is 9.53. The Balaban J connectivity index is 1.46. The van der Waals surface area contributed by atoms with Crippen molar-refractivity contribution < 1.29 is 31.1 Å². The van der Waals surface area contributed by atoms with Crippen molar-refractivity contribution in [2.45, 2.75) is 57.0 Å². The number of ether oxygens (including phenoxy) is 1. The minimum atomic E-state index is -4.19. The Labute approximate surface area is 231 Å². The quantitative estimate of drug-likeness (QED) is 0.462. The predicted molar refractivity (Wildman–Crippen MR) is 142 cm³/mol. The van der Waals surface area contributed by atoms with Crippen LogP contribution in [0.1, 0.15) is 49.5 Å². The van der Waals surface area contributed by atoms with E-state index in [0.717, 1.165) is 0 Å². The van der Waals surface area contributed by atoms with Crippen molar-refractivity contribution in [2.24, 2.45) is 11.8 Å². The lowest BCUT2D eigenvalue weighted by Crippen LogP contribution is -2.48. The molecular formula is C25H33ClF3N5O4S. The number of carbonyl (C=O) groups is 1. The first kappa shape index (κ1) is 29.4. The van der Waals surface area contributed by atoms with Gasteiger partial charge in [0.1, 0.15) is 21.4 Å². The Bertz CT molecular complexity index is 1300. The van der Waals surface area contributed by atoms with Gasteiger partial charge in [0.15, 0.2) is 5.69 Å². The molecule has 2 aromatic rings. The fraction of sp³-hybridized carbons (Fsp3) is 0.640. The van der Waals surface area contributed by atoms with Gasteiger partial charge in [-0.3, -0.25) is 9.48 Å². The van der Waals surface area contributed by atoms with E-state index in [0.29, 0.717) is 61.6 Å². The van der Waals surface area contributed by atoms with Crippen molar-refractivity contribution in [1.82, 2.24) is 20.1 Å². The molecular weight excluding hydrogens is 559 g/mol. The molecule has 216 valence electrons. The number of nitrogens with one attached hydrogen (secondary N) is 1. The molecule has 0 spiro atoms. The van der Waals surface area contributed by atoms with Gasteiger partial charge in [-0.2, -0.15) is 18.3 Å². The molecule has 1 N–H and O–H groups in total. The summed E-state index contributed by atoms with van der Waals surface area (Å²) in [6, 6.07) is 1.65. The number of nitrogens with zero attached hydrogens (tertiary/aromatic N) is 4. The molecule has 4 rings (SSSR count). The van der Waals surface area contributed by atoms with Gasteiger partial charge in [-0.25, -0.2) is 13.4 Å². The van der Waals surface area contributed by atoms with Crippen LogP contribution in [-0.2, 0) is 16.4 Å². The van der Waals surface area contributed by atoms with Crippen molar-refractivity contribution in [2.75, 3.05) is 37.9 Å². The monoisotopic (exact) mass is 591 g/mol. The maximum absolute atomic E-state index is 13.0. The smallest absolute Gasteiger partial charge is 0.389 e. The highest BCUT2D eigenvalue weighted by atomic mass is 35.5. The van der Waals surface area contributed by atoms with Crippen LogP contribution in [0.2, 0.25) is 5.02 Å². The number of sulfone groups is 1. The molecule has 39 heavy (non-hydrogen) atoms. The average molecular weight is 592 g/mol. The number of halogens is 4. The molecule has 2 aromatic heterocycles. The number of pyridine rings is 1. The van der Waals surface area contributed by atoms with Gasteiger partial charge < -0.3 is 15.0 Å². The van der Waals surface area contributed by atoms with Crippen molar-refractivity contribution in [3.05, 3.63) is 23.0 Å². The van der Waals surface area contributed by atoms with Gasteiger partial charge in [0, 0.05) is 57.0 Å². The minimum absolute atomic E-state index is 0.0576. The zero-order valence-electron chi connectivity index (χ0n) is 22.1. The van der Waals surface area contributed by atoms with E-state index in [4.69, 9.17) is 16.3 Å². The topological polar surface area (TPSA) is 106 Å². The highest BCUT2D eigenvalue weighted by molar-refractivity contribution is 7.91. The van der Waals surface area contributed by atoms with Crippen molar-refractivity contribution in [3.63, 3.8) is 0 Å². The molecule has 0 radical (unpaired) electrons. The molecule has 1 amide bonds. The number of carbonyl (C=O) groups excluding carboxylic acids is 1. The first-order valence-electron chi connectivity index (χ1n) is 12.9. The van der Waals surface area contributed by atoms with Crippen molar-refractivity contribution >= 4 is 33.2 Å². The highest BCUT2D eigenvalue weighted by Crippen LogP contribution is 2.40. The second-order valence-corrected chi connectivity index (χ2v) is 13.0. The van der Waals surface area contributed by atoms with E-state index in [-0.39, 0.29) is 35.0 Å². The summed E-state index contributed by atoms with van der Waals surface area (Å²) >= 11 is 6.67. The van der Waals surface area contributed by atoms with E-state index in [1.54, 1.807) is 15.6 Å². The number of aromatic nitrogens is 3. The summed E-state index contributed by atoms with van der Waals surface area (Å²) in [6.45, 7) is 3.16. The van der Waals surface area contributed by atoms with Gasteiger partial charge in [0.2, 0.25) is 0 Å². The molecule has 0 bridgehead atoms. The summed E-state index contributed by atoms with van der Waals surface area (Å²) in [5, 5.41) is 7.11. The first-order chi connectivity index (χ1) is 18.3. The molecule has 1 aliphatic carbocycles. The largest absolute Gasteiger partial charge is 0.496 e. The van der Waals surface area contributed by atoms with Crippen LogP contribution in [0.3, 0.4) is 0 Å². The zero-order chi connectivity index (χ0) is 28.5. The van der Waals surface area contributed by atoms with Crippen LogP contribution >= 0.6 is 11.6 Å². The molecule has 3 heterocycles. The number of alkyl halides is 3. The van der Waals surface area contributed by atoms with Crippen LogP contribution in [-0.4, -0.2) is 73.5 Å². The van der Waals surface area contributed by atoms with Gasteiger partial charge >= 0.3 is 6.18 Å². The lowest BCUT2D eigenvalue weighted by atomic mass is 9.89. The molecule has 0 unspecified atom stereocenters. The number of hydrogen-bond donors (Lipinski definition) is 1. The SMILES string of the molecule is CCn1nc(C(=O)NC[C@H]2CC[C@H](S(C)(=O)=O)CC2)c(Cl)c1-c1cnc(N2CC(CC(F)(F)F)C2)cc1OC. The van der Waals surface area contributed by atoms with Crippen molar-refractivity contribution in [3.8, 4) is 17.0 Å². The standard InChI is InChI=1S/C25H33ClF3N5O4S/c1-4-34-23(18-12-30-20(9-19(18)38-2)33-13-16(14-33)10-25(27,28)29)21(26)22(32-34)24(35)31-11-15-5-7-17(8-6-15)39(3,36)37/h9,12,15-17H,4-8,10-11,13-14H2,1-3H3,(H,31,35)/t15-,17-. The summed E-state index contributed by atoms with van der Waals surface area (Å²) in [7, 11) is -1.59. The summed E-state index contributed by atoms with van der Waals surface area (Å²) in [5.74, 6) is 0.178. The lowest BCUT2D eigenvalue weighted by molar-refractivity contribution is -0.146. The van der Waals surface area contributed by atoms with Crippen LogP contribution < -0.4 is 15.0 Å². The maximum atomic E-state index is 13.0. The minimum Gasteiger partial charge on any atom is -0.496 e. The Morgan fingerprint density at radius 1 is 1.21 bits per heavy atom. The number of hydrogen-bond acceptors (Lipinski definition) is 7. The summed E-state index contributed by atoms with van der Waals surface area (Å²) < 4.78 is 68.7. The van der Waals surface area contributed by atoms with Gasteiger partial charge in [-0.1, -0.05) is 11.6 Å². The lowest BCUT2D eigenvalue weighted by Gasteiger charge is -2.40. The third-order valence-electron chi connectivity index (χ3n) is 7.49. The fourth-order valence-electron chi connectivity index (χ4n) is 5.32. The van der Waals surface area contributed by atoms with E-state index in [1.807, 2.05) is 6.92 Å². The zero-order valence-corrected chi connectivity index (χ0v) is 23.7. The predicted octanol–water partition coefficient (Wildman–Crippen LogP) is 4.35. The van der Waals surface area contributed by atoms with Gasteiger partial charge in [-0.15, -0.1) is 0 Å². The Morgan fingerprint density at radius 3 is 2.44 bits per heavy atom. The Kier molecular flexibility index (Phi) is 8.70. The molecule has 2 aliphatic rings. The number of methoxy groups -OCH3 is 1. The summed E-state index contributed by atoms with van der Waals surface area (Å²) in [6.07, 6.45) is 0.366. The maximum Gasteiger partial charge on any atom is 0.389 e. The third kappa shape index (κ3) is 6.79. The molecule has 1 aliphatic heterocycles. The summed E-state index contributed by atoms with van der Waals surface area (Å²) in [5.41, 5.74) is 1.01. The highest BCUT2D eigenvalue weighted by Gasteiger charge is 2.38. The van der Waals surface area contributed by atoms with Crippen LogP contribution in [0.15, 0.2) is 12.3 Å². The van der Waals surface area contributed by atoms with Crippen LogP contribution in [0.4, 0.5) is 19.0 Å². The second kappa shape index (κ2) is 11.5. The molecule has 9 nitrogen and oxygen atoms in total. The van der Waals surface area contributed by atoms with Crippen LogP contribution in [0.25, 0.3) is 11.3 Å². The number of amides is 1. The second-order valence-electron chi connectivity index (χ2n) is 10.3. The number of aryl methyl sites for hydroxylation is 1. The molecule has 14 heteroatoms. The molecule has 0 aromatic carbocycles. The number of anilines is 1. The Hall–Kier alpha value is -2.54. The van der Waals surface area contributed by atoms with E-state index in [9.17, 15) is 26.4 Å². The molecule has 1 saturated heterocycles. The first-order valence-corrected chi connectivity index (χ1v) is 15.2. The Morgan fingerprint density at radius 2 is 1.87 bits per heavy atom. The average Bonchev–Trinajstić information content (AvgIpc) is 3.19. The summed E-state index contributed by atoms with van der Waals surface area (Å²) in [4.78, 5) is 19.2. The fourth-order valence-corrected chi connectivity index (χ4v) is 6.77. The van der Waals surface area contributed by atoms with Gasteiger partial charge in [0.05, 0.1) is 28.6 Å². The van der Waals surface area contributed by atoms with Gasteiger partial charge in [0.25, 0.3) is 5.91 Å². The van der Waals surface area contributed by atoms with Crippen molar-refractivity contribution in [1.29, 1.82) is 0 Å².